The molecular weight excluding hydrogens is 142 g/mol. The fraction of sp³-hybridized carbons (Fsp3) is 0. The summed E-state index contributed by atoms with van der Waals surface area (Å²) in [5.74, 6) is 2.07. The average molecular weight is 146 g/mol. The smallest absolute Gasteiger partial charge is 0.253 e. The van der Waals surface area contributed by atoms with Gasteiger partial charge in [-0.1, -0.05) is 12.1 Å². The summed E-state index contributed by atoms with van der Waals surface area (Å²) in [6.07, 6.45) is 6.71. The van der Waals surface area contributed by atoms with E-state index in [4.69, 9.17) is 6.42 Å². The Labute approximate surface area is 63.8 Å². The Bertz CT molecular complexity index is 325. The first-order valence-electron chi connectivity index (χ1n) is 2.91. The Balaban J connectivity index is 3.13. The zero-order valence-corrected chi connectivity index (χ0v) is 5.57. The third kappa shape index (κ3) is 1.55. The van der Waals surface area contributed by atoms with Crippen molar-refractivity contribution in [1.82, 2.24) is 0 Å². The lowest BCUT2D eigenvalue weighted by molar-refractivity contribution is -0.384. The predicted molar refractivity (Wildman–Crippen MR) is 39.3 cm³/mol. The Kier molecular flexibility index (Phi) is 1.88. The highest BCUT2D eigenvalue weighted by Crippen LogP contribution is 2.11. The van der Waals surface area contributed by atoms with Crippen molar-refractivity contribution in [2.75, 3.05) is 0 Å². The number of nitro benzene ring substituents is 1. The van der Waals surface area contributed by atoms with Crippen LogP contribution in [0.4, 0.5) is 5.69 Å². The van der Waals surface area contributed by atoms with E-state index in [1.807, 2.05) is 0 Å². The Morgan fingerprint density at radius 2 is 2.27 bits per heavy atom. The summed E-state index contributed by atoms with van der Waals surface area (Å²) in [6.45, 7) is 0. The van der Waals surface area contributed by atoms with Crippen molar-refractivity contribution in [2.24, 2.45) is 0 Å². The first-order chi connectivity index (χ1) is 5.24. The fourth-order valence-electron chi connectivity index (χ4n) is 0.697. The van der Waals surface area contributed by atoms with Gasteiger partial charge in [0.1, 0.15) is 0 Å². The number of non-ortho nitro benzene ring substituents is 1. The topological polar surface area (TPSA) is 43.1 Å². The van der Waals surface area contributed by atoms with E-state index in [-0.39, 0.29) is 5.69 Å². The zero-order chi connectivity index (χ0) is 8.27. The van der Waals surface area contributed by atoms with Crippen LogP contribution in [-0.4, -0.2) is 4.92 Å². The second kappa shape index (κ2) is 2.84. The molecule has 11 heavy (non-hydrogen) atoms. The van der Waals surface area contributed by atoms with Crippen LogP contribution in [0.1, 0.15) is 5.56 Å². The summed E-state index contributed by atoms with van der Waals surface area (Å²) in [5.41, 5.74) is 0.404. The molecule has 0 aliphatic heterocycles. The number of rotatable bonds is 1. The molecule has 3 nitrogen and oxygen atoms in total. The van der Waals surface area contributed by atoms with Crippen LogP contribution in [0.5, 0.6) is 0 Å². The highest BCUT2D eigenvalue weighted by Gasteiger charge is 1.99. The van der Waals surface area contributed by atoms with Gasteiger partial charge in [0, 0.05) is 6.07 Å². The van der Waals surface area contributed by atoms with E-state index in [1.54, 1.807) is 6.07 Å². The summed E-state index contributed by atoms with van der Waals surface area (Å²) in [7, 11) is 0. The van der Waals surface area contributed by atoms with Gasteiger partial charge in [0.25, 0.3) is 5.69 Å². The van der Waals surface area contributed by atoms with E-state index in [0.29, 0.717) is 5.56 Å². The van der Waals surface area contributed by atoms with E-state index in [2.05, 4.69) is 5.92 Å². The minimum atomic E-state index is -0.499. The molecule has 0 unspecified atom stereocenters. The standard InChI is InChI=1S/C8H4NO2/c1-2-7-4-3-5-8(6-7)9(10)11/h3-6H/q-1. The zero-order valence-electron chi connectivity index (χ0n) is 5.57. The molecule has 0 amide bonds. The molecule has 0 saturated heterocycles. The molecule has 0 saturated carbocycles. The molecule has 0 heterocycles. The Morgan fingerprint density at radius 1 is 1.55 bits per heavy atom. The van der Waals surface area contributed by atoms with Gasteiger partial charge in [-0.25, -0.2) is 0 Å². The molecule has 0 spiro atoms. The summed E-state index contributed by atoms with van der Waals surface area (Å²) in [5, 5.41) is 10.2. The fourth-order valence-corrected chi connectivity index (χ4v) is 0.697. The second-order valence-corrected chi connectivity index (χ2v) is 1.93. The van der Waals surface area contributed by atoms with E-state index in [1.165, 1.54) is 18.2 Å². The van der Waals surface area contributed by atoms with Crippen LogP contribution in [0.2, 0.25) is 0 Å². The summed E-state index contributed by atoms with van der Waals surface area (Å²) < 4.78 is 0. The van der Waals surface area contributed by atoms with Crippen LogP contribution < -0.4 is 0 Å². The van der Waals surface area contributed by atoms with Gasteiger partial charge in [0.2, 0.25) is 0 Å². The molecule has 0 fully saturated rings. The molecule has 0 N–H and O–H groups in total. The molecule has 0 aliphatic carbocycles. The summed E-state index contributed by atoms with van der Waals surface area (Å²) >= 11 is 0. The maximum atomic E-state index is 10.2. The Morgan fingerprint density at radius 3 is 2.82 bits per heavy atom. The Hall–Kier alpha value is -1.82. The quantitative estimate of drug-likeness (QED) is 0.261. The highest BCUT2D eigenvalue weighted by atomic mass is 16.6. The minimum Gasteiger partial charge on any atom is -0.366 e. The summed E-state index contributed by atoms with van der Waals surface area (Å²) in [4.78, 5) is 9.69. The molecule has 0 aromatic heterocycles. The van der Waals surface area contributed by atoms with Gasteiger partial charge in [0.05, 0.1) is 4.92 Å². The number of benzene rings is 1. The first kappa shape index (κ1) is 7.29. The molecule has 0 radical (unpaired) electrons. The van der Waals surface area contributed by atoms with Crippen molar-refractivity contribution in [3.8, 4) is 5.92 Å². The highest BCUT2D eigenvalue weighted by molar-refractivity contribution is 5.40. The second-order valence-electron chi connectivity index (χ2n) is 1.93. The first-order valence-corrected chi connectivity index (χ1v) is 2.91. The minimum absolute atomic E-state index is 0.0118. The molecule has 54 valence electrons. The van der Waals surface area contributed by atoms with E-state index in [9.17, 15) is 10.1 Å². The maximum absolute atomic E-state index is 10.2. The molecule has 1 aromatic rings. The molecule has 0 bridgehead atoms. The van der Waals surface area contributed by atoms with Crippen LogP contribution >= 0.6 is 0 Å². The molecule has 1 rings (SSSR count). The predicted octanol–water partition coefficient (Wildman–Crippen LogP) is 1.53. The van der Waals surface area contributed by atoms with Gasteiger partial charge in [-0.2, -0.15) is 0 Å². The van der Waals surface area contributed by atoms with E-state index < -0.39 is 4.92 Å². The van der Waals surface area contributed by atoms with E-state index in [0.717, 1.165) is 0 Å². The lowest BCUT2D eigenvalue weighted by atomic mass is 10.2. The van der Waals surface area contributed by atoms with Crippen LogP contribution in [0, 0.1) is 22.5 Å². The van der Waals surface area contributed by atoms with Crippen molar-refractivity contribution in [3.05, 3.63) is 46.4 Å². The third-order valence-corrected chi connectivity index (χ3v) is 1.20. The van der Waals surface area contributed by atoms with Gasteiger partial charge in [-0.15, -0.1) is 11.6 Å². The summed E-state index contributed by atoms with van der Waals surface area (Å²) in [6, 6.07) is 5.78. The largest absolute Gasteiger partial charge is 0.366 e. The lowest BCUT2D eigenvalue weighted by Crippen LogP contribution is -1.87. The van der Waals surface area contributed by atoms with Gasteiger partial charge in [-0.3, -0.25) is 16.0 Å². The van der Waals surface area contributed by atoms with Crippen LogP contribution in [0.25, 0.3) is 0 Å². The van der Waals surface area contributed by atoms with Crippen molar-refractivity contribution in [2.45, 2.75) is 0 Å². The van der Waals surface area contributed by atoms with Crippen LogP contribution in [0.15, 0.2) is 24.3 Å². The van der Waals surface area contributed by atoms with Crippen LogP contribution in [-0.2, 0) is 0 Å². The average Bonchev–Trinajstić information content (AvgIpc) is 2.05. The van der Waals surface area contributed by atoms with Gasteiger partial charge < -0.3 is 6.42 Å². The van der Waals surface area contributed by atoms with Crippen molar-refractivity contribution in [1.29, 1.82) is 0 Å². The van der Waals surface area contributed by atoms with Crippen molar-refractivity contribution >= 4 is 5.69 Å². The molecule has 0 aliphatic rings. The molecular formula is C8H4NO2-. The molecule has 1 aromatic carbocycles. The van der Waals surface area contributed by atoms with Gasteiger partial charge in [0.15, 0.2) is 0 Å². The number of nitro groups is 1. The lowest BCUT2D eigenvalue weighted by Gasteiger charge is -1.97. The molecule has 3 heteroatoms. The SMILES string of the molecule is [C-]#Cc1cccc([N+](=O)[O-])c1. The number of hydrogen-bond acceptors (Lipinski definition) is 2. The van der Waals surface area contributed by atoms with Gasteiger partial charge >= 0.3 is 0 Å². The monoisotopic (exact) mass is 146 g/mol. The number of hydrogen-bond donors (Lipinski definition) is 0. The van der Waals surface area contributed by atoms with E-state index >= 15 is 0 Å². The normalized spacial score (nSPS) is 8.64. The number of nitrogens with zero attached hydrogens (tertiary/aromatic N) is 1. The third-order valence-electron chi connectivity index (χ3n) is 1.20. The molecule has 0 atom stereocenters. The van der Waals surface area contributed by atoms with Crippen molar-refractivity contribution in [3.63, 3.8) is 0 Å². The van der Waals surface area contributed by atoms with Crippen LogP contribution in [0.3, 0.4) is 0 Å². The van der Waals surface area contributed by atoms with Gasteiger partial charge in [-0.05, 0) is 0 Å². The maximum Gasteiger partial charge on any atom is 0.253 e. The van der Waals surface area contributed by atoms with Crippen molar-refractivity contribution < 1.29 is 4.92 Å².